The van der Waals surface area contributed by atoms with Gasteiger partial charge in [-0.3, -0.25) is 4.72 Å². The molecule has 5 nitrogen and oxygen atoms in total. The highest BCUT2D eigenvalue weighted by molar-refractivity contribution is 9.10. The zero-order valence-corrected chi connectivity index (χ0v) is 13.8. The van der Waals surface area contributed by atoms with E-state index in [9.17, 15) is 8.42 Å². The highest BCUT2D eigenvalue weighted by Gasteiger charge is 2.22. The Kier molecular flexibility index (Phi) is 5.29. The van der Waals surface area contributed by atoms with Crippen molar-refractivity contribution >= 4 is 31.6 Å². The number of hydrogen-bond donors (Lipinski definition) is 2. The Hall–Kier alpha value is -0.790. The normalized spacial score (nSPS) is 19.6. The first kappa shape index (κ1) is 15.6. The molecule has 2 N–H and O–H groups in total. The van der Waals surface area contributed by atoms with Crippen molar-refractivity contribution < 1.29 is 13.2 Å². The highest BCUT2D eigenvalue weighted by atomic mass is 79.9. The number of halogens is 1. The SMILES string of the molecule is COc1ccc(Br)cc1NS(=O)(=O)CC1CCCNC1. The number of ether oxygens (including phenoxy) is 1. The number of nitrogens with one attached hydrogen (secondary N) is 2. The van der Waals surface area contributed by atoms with Crippen molar-refractivity contribution in [3.63, 3.8) is 0 Å². The molecule has 1 aliphatic heterocycles. The average molecular weight is 363 g/mol. The minimum Gasteiger partial charge on any atom is -0.495 e. The molecule has 7 heteroatoms. The van der Waals surface area contributed by atoms with Gasteiger partial charge < -0.3 is 10.1 Å². The topological polar surface area (TPSA) is 67.4 Å². The van der Waals surface area contributed by atoms with E-state index in [-0.39, 0.29) is 11.7 Å². The van der Waals surface area contributed by atoms with Crippen LogP contribution in [0.1, 0.15) is 12.8 Å². The van der Waals surface area contributed by atoms with Crippen LogP contribution in [0.5, 0.6) is 5.75 Å². The van der Waals surface area contributed by atoms with E-state index in [1.165, 1.54) is 7.11 Å². The molecule has 1 aliphatic rings. The molecular formula is C13H19BrN2O3S. The van der Waals surface area contributed by atoms with Crippen LogP contribution in [0.4, 0.5) is 5.69 Å². The Morgan fingerprint density at radius 1 is 1.50 bits per heavy atom. The van der Waals surface area contributed by atoms with E-state index in [0.717, 1.165) is 30.4 Å². The molecule has 0 aliphatic carbocycles. The van der Waals surface area contributed by atoms with Crippen molar-refractivity contribution in [2.75, 3.05) is 30.7 Å². The Balaban J connectivity index is 2.09. The van der Waals surface area contributed by atoms with Gasteiger partial charge in [0.05, 0.1) is 18.6 Å². The summed E-state index contributed by atoms with van der Waals surface area (Å²) in [5.74, 6) is 0.813. The van der Waals surface area contributed by atoms with Crippen LogP contribution in [0.2, 0.25) is 0 Å². The van der Waals surface area contributed by atoms with Crippen LogP contribution in [0.3, 0.4) is 0 Å². The van der Waals surface area contributed by atoms with Gasteiger partial charge in [-0.25, -0.2) is 8.42 Å². The van der Waals surface area contributed by atoms with Crippen molar-refractivity contribution in [2.45, 2.75) is 12.8 Å². The number of rotatable bonds is 5. The van der Waals surface area contributed by atoms with Gasteiger partial charge >= 0.3 is 0 Å². The minimum absolute atomic E-state index is 0.135. The van der Waals surface area contributed by atoms with Crippen molar-refractivity contribution in [2.24, 2.45) is 5.92 Å². The lowest BCUT2D eigenvalue weighted by atomic mass is 10.0. The van der Waals surface area contributed by atoms with Crippen molar-refractivity contribution in [3.05, 3.63) is 22.7 Å². The molecule has 1 unspecified atom stereocenters. The van der Waals surface area contributed by atoms with E-state index in [4.69, 9.17) is 4.74 Å². The number of hydrogen-bond acceptors (Lipinski definition) is 4. The molecule has 0 bridgehead atoms. The molecule has 20 heavy (non-hydrogen) atoms. The third-order valence-corrected chi connectivity index (χ3v) is 5.22. The van der Waals surface area contributed by atoms with Crippen molar-refractivity contribution in [3.8, 4) is 5.75 Å². The first-order valence-electron chi connectivity index (χ1n) is 6.55. The van der Waals surface area contributed by atoms with Crippen LogP contribution in [0.25, 0.3) is 0 Å². The summed E-state index contributed by atoms with van der Waals surface area (Å²) >= 11 is 3.33. The minimum atomic E-state index is -3.37. The van der Waals surface area contributed by atoms with E-state index >= 15 is 0 Å². The van der Waals surface area contributed by atoms with E-state index in [1.54, 1.807) is 12.1 Å². The lowest BCUT2D eigenvalue weighted by Gasteiger charge is -2.23. The van der Waals surface area contributed by atoms with E-state index < -0.39 is 10.0 Å². The second-order valence-electron chi connectivity index (χ2n) is 4.94. The Morgan fingerprint density at radius 3 is 2.95 bits per heavy atom. The zero-order valence-electron chi connectivity index (χ0n) is 11.4. The first-order valence-corrected chi connectivity index (χ1v) is 8.99. The molecule has 0 saturated carbocycles. The van der Waals surface area contributed by atoms with E-state index in [1.807, 2.05) is 6.07 Å². The van der Waals surface area contributed by atoms with Crippen LogP contribution in [-0.2, 0) is 10.0 Å². The Bertz CT molecular complexity index is 557. The van der Waals surface area contributed by atoms with Crippen LogP contribution in [0.15, 0.2) is 22.7 Å². The third kappa shape index (κ3) is 4.36. The lowest BCUT2D eigenvalue weighted by Crippen LogP contribution is -2.35. The van der Waals surface area contributed by atoms with Gasteiger partial charge in [-0.15, -0.1) is 0 Å². The molecule has 112 valence electrons. The van der Waals surface area contributed by atoms with Crippen LogP contribution in [0, 0.1) is 5.92 Å². The van der Waals surface area contributed by atoms with Crippen LogP contribution < -0.4 is 14.8 Å². The lowest BCUT2D eigenvalue weighted by molar-refractivity contribution is 0.404. The van der Waals surface area contributed by atoms with Crippen molar-refractivity contribution in [1.29, 1.82) is 0 Å². The summed E-state index contributed by atoms with van der Waals surface area (Å²) in [5, 5.41) is 3.23. The van der Waals surface area contributed by atoms with Gasteiger partial charge in [-0.1, -0.05) is 15.9 Å². The molecule has 1 atom stereocenters. The Morgan fingerprint density at radius 2 is 2.30 bits per heavy atom. The zero-order chi connectivity index (χ0) is 14.6. The van der Waals surface area contributed by atoms with Gasteiger partial charge in [0.15, 0.2) is 0 Å². The predicted molar refractivity (Wildman–Crippen MR) is 83.7 cm³/mol. The summed E-state index contributed by atoms with van der Waals surface area (Å²) in [5.41, 5.74) is 0.464. The molecule has 0 amide bonds. The molecule has 0 radical (unpaired) electrons. The summed E-state index contributed by atoms with van der Waals surface area (Å²) in [6.45, 7) is 1.74. The molecule has 1 heterocycles. The number of piperidine rings is 1. The number of methoxy groups -OCH3 is 1. The van der Waals surface area contributed by atoms with Gasteiger partial charge in [0.1, 0.15) is 5.75 Å². The monoisotopic (exact) mass is 362 g/mol. The standard InChI is InChI=1S/C13H19BrN2O3S/c1-19-13-5-4-11(14)7-12(13)16-20(17,18)9-10-3-2-6-15-8-10/h4-5,7,10,15-16H,2-3,6,8-9H2,1H3. The molecule has 0 spiro atoms. The molecule has 1 aromatic rings. The largest absolute Gasteiger partial charge is 0.495 e. The van der Waals surface area contributed by atoms with E-state index in [2.05, 4.69) is 26.0 Å². The fourth-order valence-corrected chi connectivity index (χ4v) is 4.19. The third-order valence-electron chi connectivity index (χ3n) is 3.28. The van der Waals surface area contributed by atoms with Gasteiger partial charge in [-0.05, 0) is 50.0 Å². The smallest absolute Gasteiger partial charge is 0.233 e. The first-order chi connectivity index (χ1) is 9.50. The molecule has 0 aromatic heterocycles. The highest BCUT2D eigenvalue weighted by Crippen LogP contribution is 2.29. The molecule has 1 saturated heterocycles. The van der Waals surface area contributed by atoms with Gasteiger partial charge in [0, 0.05) is 4.47 Å². The molecule has 1 fully saturated rings. The Labute approximate surface area is 128 Å². The maximum absolute atomic E-state index is 12.2. The van der Waals surface area contributed by atoms with Gasteiger partial charge in [-0.2, -0.15) is 0 Å². The summed E-state index contributed by atoms with van der Waals surface area (Å²) in [6.07, 6.45) is 1.98. The van der Waals surface area contributed by atoms with Gasteiger partial charge in [0.25, 0.3) is 0 Å². The van der Waals surface area contributed by atoms with Crippen LogP contribution >= 0.6 is 15.9 Å². The quantitative estimate of drug-likeness (QED) is 0.842. The number of anilines is 1. The summed E-state index contributed by atoms with van der Waals surface area (Å²) in [6, 6.07) is 5.24. The average Bonchev–Trinajstić information content (AvgIpc) is 2.39. The summed E-state index contributed by atoms with van der Waals surface area (Å²) < 4.78 is 33.1. The molecule has 1 aromatic carbocycles. The summed E-state index contributed by atoms with van der Waals surface area (Å²) in [4.78, 5) is 0. The number of sulfonamides is 1. The molecule has 2 rings (SSSR count). The second-order valence-corrected chi connectivity index (χ2v) is 7.62. The van der Waals surface area contributed by atoms with Crippen molar-refractivity contribution in [1.82, 2.24) is 5.32 Å². The maximum atomic E-state index is 12.2. The fraction of sp³-hybridized carbons (Fsp3) is 0.538. The summed E-state index contributed by atoms with van der Waals surface area (Å²) in [7, 11) is -1.85. The number of benzene rings is 1. The predicted octanol–water partition coefficient (Wildman–Crippen LogP) is 2.20. The van der Waals surface area contributed by atoms with E-state index in [0.29, 0.717) is 11.4 Å². The fourth-order valence-electron chi connectivity index (χ4n) is 2.35. The van der Waals surface area contributed by atoms with Gasteiger partial charge in [0.2, 0.25) is 10.0 Å². The van der Waals surface area contributed by atoms with Crippen LogP contribution in [-0.4, -0.2) is 34.4 Å². The second kappa shape index (κ2) is 6.78. The maximum Gasteiger partial charge on any atom is 0.233 e. The molecular weight excluding hydrogens is 344 g/mol.